The van der Waals surface area contributed by atoms with Crippen molar-refractivity contribution in [3.63, 3.8) is 0 Å². The van der Waals surface area contributed by atoms with Gasteiger partial charge < -0.3 is 9.47 Å². The van der Waals surface area contributed by atoms with E-state index in [1.165, 1.54) is 42.5 Å². The molecule has 0 radical (unpaired) electrons. The molecular formula is C23H18N2O8. The van der Waals surface area contributed by atoms with E-state index in [-0.39, 0.29) is 34.0 Å². The van der Waals surface area contributed by atoms with Gasteiger partial charge >= 0.3 is 11.9 Å². The van der Waals surface area contributed by atoms with Crippen LogP contribution in [0.3, 0.4) is 0 Å². The maximum atomic E-state index is 12.6. The lowest BCUT2D eigenvalue weighted by Crippen LogP contribution is -2.13. The molecule has 33 heavy (non-hydrogen) atoms. The molecule has 0 aliphatic heterocycles. The Labute approximate surface area is 187 Å². The second-order valence-corrected chi connectivity index (χ2v) is 7.16. The molecule has 0 bridgehead atoms. The summed E-state index contributed by atoms with van der Waals surface area (Å²) in [5.41, 5.74) is 1.08. The highest BCUT2D eigenvalue weighted by atomic mass is 16.6. The molecule has 0 aliphatic carbocycles. The number of nitro benzene ring substituents is 2. The Balaban J connectivity index is 1.86. The van der Waals surface area contributed by atoms with E-state index in [0.29, 0.717) is 16.7 Å². The second-order valence-electron chi connectivity index (χ2n) is 7.16. The van der Waals surface area contributed by atoms with Crippen LogP contribution in [0.1, 0.15) is 37.4 Å². The van der Waals surface area contributed by atoms with Crippen LogP contribution in [-0.4, -0.2) is 21.8 Å². The van der Waals surface area contributed by atoms with Gasteiger partial charge in [-0.1, -0.05) is 12.1 Å². The summed E-state index contributed by atoms with van der Waals surface area (Å²) < 4.78 is 10.9. The monoisotopic (exact) mass is 450 g/mol. The van der Waals surface area contributed by atoms with Crippen LogP contribution in [0.4, 0.5) is 11.4 Å². The number of hydrogen-bond acceptors (Lipinski definition) is 8. The number of nitro groups is 2. The van der Waals surface area contributed by atoms with Crippen molar-refractivity contribution in [2.24, 2.45) is 0 Å². The SMILES string of the molecule is Cc1cc(OC(=O)c2cccc([N+](=O)[O-])c2)c(C)c(C)c1OC(=O)c1cccc([N+](=O)[O-])c1. The first-order valence-corrected chi connectivity index (χ1v) is 9.62. The van der Waals surface area contributed by atoms with Gasteiger partial charge in [-0.25, -0.2) is 9.59 Å². The number of rotatable bonds is 6. The average molecular weight is 450 g/mol. The molecule has 3 rings (SSSR count). The van der Waals surface area contributed by atoms with Gasteiger partial charge in [-0.3, -0.25) is 20.2 Å². The van der Waals surface area contributed by atoms with Crippen molar-refractivity contribution >= 4 is 23.3 Å². The smallest absolute Gasteiger partial charge is 0.343 e. The van der Waals surface area contributed by atoms with Gasteiger partial charge in [-0.15, -0.1) is 0 Å². The van der Waals surface area contributed by atoms with E-state index in [0.717, 1.165) is 12.1 Å². The lowest BCUT2D eigenvalue weighted by molar-refractivity contribution is -0.385. The first kappa shape index (κ1) is 23.1. The third-order valence-corrected chi connectivity index (χ3v) is 4.96. The van der Waals surface area contributed by atoms with Gasteiger partial charge in [0.25, 0.3) is 11.4 Å². The first-order chi connectivity index (χ1) is 15.6. The fraction of sp³-hybridized carbons (Fsp3) is 0.130. The van der Waals surface area contributed by atoms with Crippen LogP contribution in [0.15, 0.2) is 54.6 Å². The number of nitrogens with zero attached hydrogens (tertiary/aromatic N) is 2. The summed E-state index contributed by atoms with van der Waals surface area (Å²) >= 11 is 0. The molecule has 0 saturated carbocycles. The molecule has 0 N–H and O–H groups in total. The van der Waals surface area contributed by atoms with E-state index in [1.807, 2.05) is 0 Å². The fourth-order valence-corrected chi connectivity index (χ4v) is 3.09. The summed E-state index contributed by atoms with van der Waals surface area (Å²) in [6.07, 6.45) is 0. The summed E-state index contributed by atoms with van der Waals surface area (Å²) in [5.74, 6) is -1.11. The lowest BCUT2D eigenvalue weighted by Gasteiger charge is -2.16. The summed E-state index contributed by atoms with van der Waals surface area (Å²) in [4.78, 5) is 45.7. The summed E-state index contributed by atoms with van der Waals surface area (Å²) in [7, 11) is 0. The van der Waals surface area contributed by atoms with Gasteiger partial charge in [0, 0.05) is 24.3 Å². The Kier molecular flexibility index (Phi) is 6.48. The number of carbonyl (C=O) groups excluding carboxylic acids is 2. The van der Waals surface area contributed by atoms with Crippen LogP contribution in [-0.2, 0) is 0 Å². The number of hydrogen-bond donors (Lipinski definition) is 0. The number of non-ortho nitro benzene ring substituents is 2. The number of benzene rings is 3. The van der Waals surface area contributed by atoms with Crippen LogP contribution in [0.25, 0.3) is 0 Å². The molecule has 0 fully saturated rings. The molecule has 3 aromatic rings. The molecule has 3 aromatic carbocycles. The predicted octanol–water partition coefficient (Wildman–Crippen LogP) is 4.87. The van der Waals surface area contributed by atoms with E-state index >= 15 is 0 Å². The largest absolute Gasteiger partial charge is 0.423 e. The molecule has 0 aliphatic rings. The number of ether oxygens (including phenoxy) is 2. The maximum Gasteiger partial charge on any atom is 0.343 e. The van der Waals surface area contributed by atoms with Crippen molar-refractivity contribution < 1.29 is 28.9 Å². The van der Waals surface area contributed by atoms with Crippen molar-refractivity contribution in [2.75, 3.05) is 0 Å². The van der Waals surface area contributed by atoms with Crippen LogP contribution >= 0.6 is 0 Å². The molecule has 10 heteroatoms. The molecule has 0 heterocycles. The van der Waals surface area contributed by atoms with Gasteiger partial charge in [0.2, 0.25) is 0 Å². The van der Waals surface area contributed by atoms with E-state index in [9.17, 15) is 29.8 Å². The number of carbonyl (C=O) groups is 2. The van der Waals surface area contributed by atoms with Crippen molar-refractivity contribution in [3.8, 4) is 11.5 Å². The normalized spacial score (nSPS) is 10.4. The van der Waals surface area contributed by atoms with Crippen LogP contribution in [0, 0.1) is 41.0 Å². The Morgan fingerprint density at radius 2 is 1.21 bits per heavy atom. The molecular weight excluding hydrogens is 432 g/mol. The predicted molar refractivity (Wildman–Crippen MR) is 117 cm³/mol. The minimum Gasteiger partial charge on any atom is -0.423 e. The van der Waals surface area contributed by atoms with Crippen LogP contribution in [0.5, 0.6) is 11.5 Å². The van der Waals surface area contributed by atoms with Crippen molar-refractivity contribution in [1.82, 2.24) is 0 Å². The Morgan fingerprint density at radius 3 is 1.70 bits per heavy atom. The topological polar surface area (TPSA) is 139 Å². The third-order valence-electron chi connectivity index (χ3n) is 4.96. The minimum atomic E-state index is -0.776. The van der Waals surface area contributed by atoms with E-state index in [2.05, 4.69) is 0 Å². The molecule has 0 saturated heterocycles. The van der Waals surface area contributed by atoms with Crippen molar-refractivity contribution in [2.45, 2.75) is 20.8 Å². The number of esters is 2. The van der Waals surface area contributed by atoms with Gasteiger partial charge in [0.1, 0.15) is 11.5 Å². The van der Waals surface area contributed by atoms with Gasteiger partial charge in [0.05, 0.1) is 21.0 Å². The van der Waals surface area contributed by atoms with Crippen LogP contribution < -0.4 is 9.47 Å². The first-order valence-electron chi connectivity index (χ1n) is 9.62. The Bertz CT molecular complexity index is 1300. The van der Waals surface area contributed by atoms with E-state index in [4.69, 9.17) is 9.47 Å². The molecule has 0 aromatic heterocycles. The molecule has 0 atom stereocenters. The summed E-state index contributed by atoms with van der Waals surface area (Å²) in [5, 5.41) is 21.9. The summed E-state index contributed by atoms with van der Waals surface area (Å²) in [6, 6.07) is 11.9. The third kappa shape index (κ3) is 5.01. The number of aryl methyl sites for hydroxylation is 1. The van der Waals surface area contributed by atoms with Gasteiger partial charge in [-0.05, 0) is 55.7 Å². The van der Waals surface area contributed by atoms with Gasteiger partial charge in [0.15, 0.2) is 0 Å². The van der Waals surface area contributed by atoms with E-state index < -0.39 is 21.8 Å². The Hall–Kier alpha value is -4.60. The van der Waals surface area contributed by atoms with E-state index in [1.54, 1.807) is 20.8 Å². The zero-order chi connectivity index (χ0) is 24.3. The minimum absolute atomic E-state index is 0.0140. The van der Waals surface area contributed by atoms with Crippen LogP contribution in [0.2, 0.25) is 0 Å². The highest BCUT2D eigenvalue weighted by molar-refractivity contribution is 5.93. The lowest BCUT2D eigenvalue weighted by atomic mass is 10.0. The molecule has 0 unspecified atom stereocenters. The Morgan fingerprint density at radius 1 is 0.727 bits per heavy atom. The second kappa shape index (κ2) is 9.27. The summed E-state index contributed by atoms with van der Waals surface area (Å²) in [6.45, 7) is 4.98. The molecule has 0 amide bonds. The quantitative estimate of drug-likeness (QED) is 0.224. The standard InChI is InChI=1S/C23H18N2O8/c1-13-10-20(32-22(26)16-6-4-8-18(11-16)24(28)29)14(2)15(3)21(13)33-23(27)17-7-5-9-19(12-17)25(30)31/h4-12H,1-3H3. The van der Waals surface area contributed by atoms with Crippen molar-refractivity contribution in [3.05, 3.63) is 103 Å². The molecule has 0 spiro atoms. The zero-order valence-electron chi connectivity index (χ0n) is 17.9. The van der Waals surface area contributed by atoms with Gasteiger partial charge in [-0.2, -0.15) is 0 Å². The fourth-order valence-electron chi connectivity index (χ4n) is 3.09. The highest BCUT2D eigenvalue weighted by Gasteiger charge is 2.20. The molecule has 168 valence electrons. The maximum absolute atomic E-state index is 12.6. The zero-order valence-corrected chi connectivity index (χ0v) is 17.9. The van der Waals surface area contributed by atoms with Crippen molar-refractivity contribution in [1.29, 1.82) is 0 Å². The average Bonchev–Trinajstić information content (AvgIpc) is 2.80. The highest BCUT2D eigenvalue weighted by Crippen LogP contribution is 2.34. The molecule has 10 nitrogen and oxygen atoms in total.